The highest BCUT2D eigenvalue weighted by atomic mass is 35.5. The second-order valence-electron chi connectivity index (χ2n) is 5.77. The van der Waals surface area contributed by atoms with Crippen molar-refractivity contribution in [3.05, 3.63) is 53.1 Å². The van der Waals surface area contributed by atoms with Gasteiger partial charge in [-0.15, -0.1) is 0 Å². The summed E-state index contributed by atoms with van der Waals surface area (Å²) in [4.78, 5) is 0. The molecule has 0 radical (unpaired) electrons. The summed E-state index contributed by atoms with van der Waals surface area (Å²) in [7, 11) is 0. The average molecular weight is 370 g/mol. The summed E-state index contributed by atoms with van der Waals surface area (Å²) in [5.74, 6) is 1.07. The minimum Gasteiger partial charge on any atom is -0.340 e. The van der Waals surface area contributed by atoms with Crippen LogP contribution < -0.4 is 4.72 Å². The lowest BCUT2D eigenvalue weighted by Gasteiger charge is -2.10. The van der Waals surface area contributed by atoms with Crippen molar-refractivity contribution in [3.8, 4) is 17.3 Å². The first kappa shape index (κ1) is 17.7. The fraction of sp³-hybridized carbons (Fsp3) is 0.250. The highest BCUT2D eigenvalue weighted by Crippen LogP contribution is 2.35. The van der Waals surface area contributed by atoms with Gasteiger partial charge in [0.2, 0.25) is 0 Å². The molecule has 0 aliphatic carbocycles. The van der Waals surface area contributed by atoms with Crippen molar-refractivity contribution >= 4 is 40.1 Å². The van der Waals surface area contributed by atoms with Crippen molar-refractivity contribution in [1.29, 1.82) is 5.26 Å². The SMILES string of the molecule is CCCSNc1ccc(-c2c(C#N)c3cc(Cl)ccc3n2CC)cc1. The molecule has 0 fully saturated rings. The van der Waals surface area contributed by atoms with E-state index >= 15 is 0 Å². The van der Waals surface area contributed by atoms with E-state index in [4.69, 9.17) is 11.6 Å². The normalized spacial score (nSPS) is 10.8. The van der Waals surface area contributed by atoms with Crippen LogP contribution in [0.1, 0.15) is 25.8 Å². The molecule has 0 aliphatic rings. The monoisotopic (exact) mass is 369 g/mol. The van der Waals surface area contributed by atoms with Gasteiger partial charge in [0.05, 0.1) is 11.3 Å². The smallest absolute Gasteiger partial charge is 0.102 e. The van der Waals surface area contributed by atoms with Crippen molar-refractivity contribution in [3.63, 3.8) is 0 Å². The first-order valence-electron chi connectivity index (χ1n) is 8.39. The quantitative estimate of drug-likeness (QED) is 0.408. The molecule has 5 heteroatoms. The average Bonchev–Trinajstić information content (AvgIpc) is 2.95. The maximum Gasteiger partial charge on any atom is 0.102 e. The Hall–Kier alpha value is -2.09. The maximum atomic E-state index is 9.75. The van der Waals surface area contributed by atoms with E-state index in [9.17, 15) is 5.26 Å². The van der Waals surface area contributed by atoms with Gasteiger partial charge in [-0.05, 0) is 49.2 Å². The van der Waals surface area contributed by atoms with Crippen LogP contribution in [0.3, 0.4) is 0 Å². The van der Waals surface area contributed by atoms with Crippen LogP contribution in [-0.4, -0.2) is 10.3 Å². The third kappa shape index (κ3) is 3.49. The van der Waals surface area contributed by atoms with E-state index in [0.29, 0.717) is 10.6 Å². The molecule has 25 heavy (non-hydrogen) atoms. The molecular weight excluding hydrogens is 350 g/mol. The summed E-state index contributed by atoms with van der Waals surface area (Å²) in [5.41, 5.74) is 4.79. The number of nitrogens with one attached hydrogen (secondary N) is 1. The van der Waals surface area contributed by atoms with E-state index in [1.165, 1.54) is 0 Å². The number of benzene rings is 2. The predicted molar refractivity (Wildman–Crippen MR) is 109 cm³/mol. The van der Waals surface area contributed by atoms with Crippen LogP contribution in [0, 0.1) is 11.3 Å². The summed E-state index contributed by atoms with van der Waals surface area (Å²) in [6.45, 7) is 5.05. The molecular formula is C20H20ClN3S. The number of nitriles is 1. The van der Waals surface area contributed by atoms with Crippen LogP contribution in [-0.2, 0) is 6.54 Å². The van der Waals surface area contributed by atoms with Crippen LogP contribution in [0.4, 0.5) is 5.69 Å². The summed E-state index contributed by atoms with van der Waals surface area (Å²) >= 11 is 7.86. The minimum atomic E-state index is 0.649. The van der Waals surface area contributed by atoms with Crippen LogP contribution in [0.25, 0.3) is 22.2 Å². The molecule has 0 saturated heterocycles. The predicted octanol–water partition coefficient (Wildman–Crippen LogP) is 6.32. The van der Waals surface area contributed by atoms with Gasteiger partial charge >= 0.3 is 0 Å². The van der Waals surface area contributed by atoms with Gasteiger partial charge in [0.15, 0.2) is 0 Å². The topological polar surface area (TPSA) is 40.8 Å². The largest absolute Gasteiger partial charge is 0.340 e. The molecule has 0 amide bonds. The van der Waals surface area contributed by atoms with Crippen LogP contribution in [0.15, 0.2) is 42.5 Å². The van der Waals surface area contributed by atoms with Crippen LogP contribution >= 0.6 is 23.5 Å². The third-order valence-corrected chi connectivity index (χ3v) is 5.34. The zero-order valence-corrected chi connectivity index (χ0v) is 15.9. The number of nitrogens with zero attached hydrogens (tertiary/aromatic N) is 2. The third-order valence-electron chi connectivity index (χ3n) is 4.11. The van der Waals surface area contributed by atoms with E-state index in [2.05, 4.69) is 53.5 Å². The van der Waals surface area contributed by atoms with E-state index in [1.54, 1.807) is 11.9 Å². The van der Waals surface area contributed by atoms with E-state index in [0.717, 1.165) is 46.6 Å². The Morgan fingerprint density at radius 1 is 1.16 bits per heavy atom. The van der Waals surface area contributed by atoms with Gasteiger partial charge in [-0.3, -0.25) is 0 Å². The molecule has 1 aromatic heterocycles. The molecule has 0 aliphatic heterocycles. The van der Waals surface area contributed by atoms with Gasteiger partial charge in [0, 0.05) is 33.9 Å². The first-order valence-corrected chi connectivity index (χ1v) is 9.76. The lowest BCUT2D eigenvalue weighted by molar-refractivity contribution is 0.804. The Morgan fingerprint density at radius 3 is 2.56 bits per heavy atom. The summed E-state index contributed by atoms with van der Waals surface area (Å²) < 4.78 is 5.52. The van der Waals surface area contributed by atoms with Crippen molar-refractivity contribution in [2.75, 3.05) is 10.5 Å². The minimum absolute atomic E-state index is 0.649. The number of rotatable bonds is 6. The molecule has 128 valence electrons. The lowest BCUT2D eigenvalue weighted by atomic mass is 10.1. The maximum absolute atomic E-state index is 9.75. The number of aryl methyl sites for hydroxylation is 1. The van der Waals surface area contributed by atoms with Crippen molar-refractivity contribution in [1.82, 2.24) is 4.57 Å². The first-order chi connectivity index (χ1) is 12.2. The second-order valence-corrected chi connectivity index (χ2v) is 7.11. The Balaban J connectivity index is 2.07. The Morgan fingerprint density at radius 2 is 1.92 bits per heavy atom. The number of anilines is 1. The number of hydrogen-bond acceptors (Lipinski definition) is 3. The molecule has 2 aromatic carbocycles. The van der Waals surface area contributed by atoms with Crippen molar-refractivity contribution in [2.45, 2.75) is 26.8 Å². The highest BCUT2D eigenvalue weighted by molar-refractivity contribution is 8.00. The van der Waals surface area contributed by atoms with Crippen LogP contribution in [0.2, 0.25) is 5.02 Å². The van der Waals surface area contributed by atoms with Crippen molar-refractivity contribution in [2.24, 2.45) is 0 Å². The molecule has 3 aromatic rings. The zero-order valence-electron chi connectivity index (χ0n) is 14.3. The van der Waals surface area contributed by atoms with Gasteiger partial charge in [0.25, 0.3) is 0 Å². The van der Waals surface area contributed by atoms with Gasteiger partial charge in [-0.2, -0.15) is 5.26 Å². The highest BCUT2D eigenvalue weighted by Gasteiger charge is 2.18. The number of hydrogen-bond donors (Lipinski definition) is 1. The van der Waals surface area contributed by atoms with E-state index in [-0.39, 0.29) is 0 Å². The Labute approximate surface area is 157 Å². The Kier molecular flexibility index (Phi) is 5.57. The second kappa shape index (κ2) is 7.86. The van der Waals surface area contributed by atoms with Gasteiger partial charge in [-0.25, -0.2) is 0 Å². The molecule has 1 heterocycles. The molecule has 3 rings (SSSR count). The van der Waals surface area contributed by atoms with Crippen LogP contribution in [0.5, 0.6) is 0 Å². The lowest BCUT2D eigenvalue weighted by Crippen LogP contribution is -1.97. The zero-order chi connectivity index (χ0) is 17.8. The van der Waals surface area contributed by atoms with Gasteiger partial charge in [0.1, 0.15) is 6.07 Å². The number of fused-ring (bicyclic) bond motifs is 1. The molecule has 3 nitrogen and oxygen atoms in total. The fourth-order valence-electron chi connectivity index (χ4n) is 3.00. The number of halogens is 1. The van der Waals surface area contributed by atoms with Gasteiger partial charge < -0.3 is 9.29 Å². The van der Waals surface area contributed by atoms with Crippen molar-refractivity contribution < 1.29 is 0 Å². The fourth-order valence-corrected chi connectivity index (χ4v) is 3.78. The molecule has 0 saturated carbocycles. The Bertz CT molecular complexity index is 923. The molecule has 0 spiro atoms. The molecule has 0 atom stereocenters. The molecule has 0 bridgehead atoms. The summed E-state index contributed by atoms with van der Waals surface area (Å²) in [5, 5.41) is 11.3. The molecule has 1 N–H and O–H groups in total. The standard InChI is InChI=1S/C20H20ClN3S/c1-3-11-25-23-16-8-5-14(6-9-16)20-18(13-22)17-12-15(21)7-10-19(17)24(20)4-2/h5-10,12,23H,3-4,11H2,1-2H3. The summed E-state index contributed by atoms with van der Waals surface area (Å²) in [6, 6.07) is 16.4. The van der Waals surface area contributed by atoms with E-state index in [1.807, 2.05) is 18.2 Å². The number of aromatic nitrogens is 1. The summed E-state index contributed by atoms with van der Waals surface area (Å²) in [6.07, 6.45) is 1.14. The molecule has 0 unspecified atom stereocenters. The van der Waals surface area contributed by atoms with E-state index < -0.39 is 0 Å². The van der Waals surface area contributed by atoms with Gasteiger partial charge in [-0.1, -0.05) is 42.6 Å².